The van der Waals surface area contributed by atoms with Crippen molar-refractivity contribution in [2.45, 2.75) is 25.8 Å². The van der Waals surface area contributed by atoms with Gasteiger partial charge in [0.05, 0.1) is 5.75 Å². The third kappa shape index (κ3) is 5.37. The second-order valence-electron chi connectivity index (χ2n) is 5.06. The molecule has 2 rings (SSSR count). The predicted molar refractivity (Wildman–Crippen MR) is 86.1 cm³/mol. The van der Waals surface area contributed by atoms with Crippen LogP contribution in [0.5, 0.6) is 0 Å². The first-order chi connectivity index (χ1) is 10.9. The number of aromatic nitrogens is 3. The smallest absolute Gasteiger partial charge is 0.236 e. The fraction of sp³-hybridized carbons (Fsp3) is 0.357. The zero-order valence-electron chi connectivity index (χ0n) is 13.0. The van der Waals surface area contributed by atoms with Crippen molar-refractivity contribution >= 4 is 35.2 Å². The van der Waals surface area contributed by atoms with Crippen LogP contribution in [0.2, 0.25) is 0 Å². The Balaban J connectivity index is 1.81. The van der Waals surface area contributed by atoms with Crippen molar-refractivity contribution in [3.05, 3.63) is 24.0 Å². The summed E-state index contributed by atoms with van der Waals surface area (Å²) in [4.78, 5) is 23.3. The number of thioether (sulfide) groups is 1. The van der Waals surface area contributed by atoms with E-state index in [2.05, 4.69) is 26.0 Å². The van der Waals surface area contributed by atoms with E-state index in [4.69, 9.17) is 4.52 Å². The number of rotatable bonds is 6. The van der Waals surface area contributed by atoms with Gasteiger partial charge in [0.1, 0.15) is 10.8 Å². The molecule has 0 fully saturated rings. The molecule has 0 aliphatic heterocycles. The lowest BCUT2D eigenvalue weighted by Gasteiger charge is -2.06. The molecule has 0 bridgehead atoms. The molecule has 2 aromatic rings. The standard InChI is InChI=1S/C14H17N5O3S/c1-8(2)14(21)16-10-4-5-13(18-17-10)23-7-12(20)15-11-6-9(3)22-19-11/h4-6,8H,7H2,1-3H3,(H,15,19,20)(H,16,17,21). The summed E-state index contributed by atoms with van der Waals surface area (Å²) in [6.07, 6.45) is 0. The summed E-state index contributed by atoms with van der Waals surface area (Å²) in [6, 6.07) is 4.98. The fourth-order valence-electron chi connectivity index (χ4n) is 1.48. The lowest BCUT2D eigenvalue weighted by molar-refractivity contribution is -0.119. The van der Waals surface area contributed by atoms with Gasteiger partial charge in [-0.1, -0.05) is 30.8 Å². The molecule has 0 aliphatic carbocycles. The Labute approximate surface area is 137 Å². The topological polar surface area (TPSA) is 110 Å². The molecule has 8 nitrogen and oxygen atoms in total. The van der Waals surface area contributed by atoms with Gasteiger partial charge in [-0.15, -0.1) is 10.2 Å². The number of nitrogens with zero attached hydrogens (tertiary/aromatic N) is 3. The summed E-state index contributed by atoms with van der Waals surface area (Å²) >= 11 is 1.23. The van der Waals surface area contributed by atoms with Crippen LogP contribution in [0, 0.1) is 12.8 Å². The van der Waals surface area contributed by atoms with Crippen molar-refractivity contribution in [1.82, 2.24) is 15.4 Å². The molecule has 0 saturated carbocycles. The van der Waals surface area contributed by atoms with E-state index < -0.39 is 0 Å². The van der Waals surface area contributed by atoms with Crippen molar-refractivity contribution in [3.63, 3.8) is 0 Å². The van der Waals surface area contributed by atoms with Crippen LogP contribution in [-0.2, 0) is 9.59 Å². The maximum Gasteiger partial charge on any atom is 0.236 e. The second-order valence-corrected chi connectivity index (χ2v) is 6.06. The van der Waals surface area contributed by atoms with E-state index in [9.17, 15) is 9.59 Å². The highest BCUT2D eigenvalue weighted by Crippen LogP contribution is 2.16. The highest BCUT2D eigenvalue weighted by atomic mass is 32.2. The Morgan fingerprint density at radius 1 is 1.22 bits per heavy atom. The van der Waals surface area contributed by atoms with Crippen LogP contribution in [0.4, 0.5) is 11.6 Å². The molecular weight excluding hydrogens is 318 g/mol. The first-order valence-electron chi connectivity index (χ1n) is 6.94. The molecule has 0 aromatic carbocycles. The van der Waals surface area contributed by atoms with E-state index in [0.29, 0.717) is 22.4 Å². The van der Waals surface area contributed by atoms with Crippen molar-refractivity contribution in [2.24, 2.45) is 5.92 Å². The molecule has 0 unspecified atom stereocenters. The number of carbonyl (C=O) groups excluding carboxylic acids is 2. The molecule has 0 aliphatic rings. The maximum absolute atomic E-state index is 11.8. The number of anilines is 2. The monoisotopic (exact) mass is 335 g/mol. The summed E-state index contributed by atoms with van der Waals surface area (Å²) in [5.41, 5.74) is 0. The number of hydrogen-bond acceptors (Lipinski definition) is 7. The molecular formula is C14H17N5O3S. The molecule has 9 heteroatoms. The van der Waals surface area contributed by atoms with Crippen LogP contribution in [0.25, 0.3) is 0 Å². The quantitative estimate of drug-likeness (QED) is 0.778. The fourth-order valence-corrected chi connectivity index (χ4v) is 2.09. The van der Waals surface area contributed by atoms with Gasteiger partial charge in [0.15, 0.2) is 11.6 Å². The van der Waals surface area contributed by atoms with Gasteiger partial charge < -0.3 is 15.2 Å². The molecule has 0 spiro atoms. The minimum Gasteiger partial charge on any atom is -0.360 e. The number of aryl methyl sites for hydroxylation is 1. The van der Waals surface area contributed by atoms with E-state index >= 15 is 0 Å². The average molecular weight is 335 g/mol. The normalized spacial score (nSPS) is 10.6. The number of amides is 2. The molecule has 0 atom stereocenters. The van der Waals surface area contributed by atoms with Crippen LogP contribution >= 0.6 is 11.8 Å². The van der Waals surface area contributed by atoms with Gasteiger partial charge in [0.25, 0.3) is 0 Å². The Morgan fingerprint density at radius 2 is 2.00 bits per heavy atom. The molecule has 23 heavy (non-hydrogen) atoms. The summed E-state index contributed by atoms with van der Waals surface area (Å²) in [7, 11) is 0. The molecule has 122 valence electrons. The molecule has 2 amide bonds. The van der Waals surface area contributed by atoms with E-state index in [1.165, 1.54) is 11.8 Å². The van der Waals surface area contributed by atoms with Crippen molar-refractivity contribution in [3.8, 4) is 0 Å². The van der Waals surface area contributed by atoms with Gasteiger partial charge in [-0.05, 0) is 19.1 Å². The Kier molecular flexibility index (Phi) is 5.69. The van der Waals surface area contributed by atoms with Gasteiger partial charge in [-0.3, -0.25) is 9.59 Å². The average Bonchev–Trinajstić information content (AvgIpc) is 2.91. The van der Waals surface area contributed by atoms with Crippen molar-refractivity contribution in [2.75, 3.05) is 16.4 Å². The minimum atomic E-state index is -0.220. The molecule has 0 radical (unpaired) electrons. The highest BCUT2D eigenvalue weighted by molar-refractivity contribution is 7.99. The van der Waals surface area contributed by atoms with E-state index in [0.717, 1.165) is 0 Å². The summed E-state index contributed by atoms with van der Waals surface area (Å²) in [6.45, 7) is 5.33. The van der Waals surface area contributed by atoms with Crippen LogP contribution in [0.3, 0.4) is 0 Å². The van der Waals surface area contributed by atoms with Crippen LogP contribution in [0.15, 0.2) is 27.7 Å². The third-order valence-electron chi connectivity index (χ3n) is 2.66. The number of carbonyl (C=O) groups is 2. The van der Waals surface area contributed by atoms with Gasteiger partial charge in [-0.25, -0.2) is 0 Å². The molecule has 0 saturated heterocycles. The van der Waals surface area contributed by atoms with E-state index in [1.807, 2.05) is 0 Å². The zero-order chi connectivity index (χ0) is 16.8. The Hall–Kier alpha value is -2.42. The van der Waals surface area contributed by atoms with Crippen LogP contribution in [0.1, 0.15) is 19.6 Å². The second kappa shape index (κ2) is 7.73. The summed E-state index contributed by atoms with van der Waals surface area (Å²) < 4.78 is 4.86. The molecule has 2 heterocycles. The maximum atomic E-state index is 11.8. The lowest BCUT2D eigenvalue weighted by atomic mass is 10.2. The van der Waals surface area contributed by atoms with Gasteiger partial charge in [0.2, 0.25) is 11.8 Å². The van der Waals surface area contributed by atoms with Gasteiger partial charge in [0, 0.05) is 12.0 Å². The first kappa shape index (κ1) is 16.9. The van der Waals surface area contributed by atoms with Crippen molar-refractivity contribution < 1.29 is 14.1 Å². The summed E-state index contributed by atoms with van der Waals surface area (Å²) in [5, 5.41) is 17.4. The van der Waals surface area contributed by atoms with Crippen molar-refractivity contribution in [1.29, 1.82) is 0 Å². The molecule has 2 aromatic heterocycles. The predicted octanol–water partition coefficient (Wildman–Crippen LogP) is 2.10. The lowest BCUT2D eigenvalue weighted by Crippen LogP contribution is -2.18. The number of hydrogen-bond donors (Lipinski definition) is 2. The van der Waals surface area contributed by atoms with E-state index in [-0.39, 0.29) is 23.5 Å². The Morgan fingerprint density at radius 3 is 2.57 bits per heavy atom. The number of nitrogens with one attached hydrogen (secondary N) is 2. The minimum absolute atomic E-state index is 0.123. The zero-order valence-corrected chi connectivity index (χ0v) is 13.8. The largest absolute Gasteiger partial charge is 0.360 e. The van der Waals surface area contributed by atoms with Gasteiger partial charge >= 0.3 is 0 Å². The Bertz CT molecular complexity index is 684. The van der Waals surface area contributed by atoms with Gasteiger partial charge in [-0.2, -0.15) is 0 Å². The third-order valence-corrected chi connectivity index (χ3v) is 3.58. The summed E-state index contributed by atoms with van der Waals surface area (Å²) in [5.74, 6) is 1.08. The SMILES string of the molecule is Cc1cc(NC(=O)CSc2ccc(NC(=O)C(C)C)nn2)no1. The highest BCUT2D eigenvalue weighted by Gasteiger charge is 2.10. The first-order valence-corrected chi connectivity index (χ1v) is 7.93. The molecule has 2 N–H and O–H groups in total. The van der Waals surface area contributed by atoms with Crippen LogP contribution in [-0.4, -0.2) is 32.9 Å². The van der Waals surface area contributed by atoms with Crippen LogP contribution < -0.4 is 10.6 Å². The van der Waals surface area contributed by atoms with E-state index in [1.54, 1.807) is 39.0 Å².